The first-order valence-corrected chi connectivity index (χ1v) is 12.8. The SMILES string of the molecule is COc1ccc(C)cc1NC(=O)NC1CCC2(c3ccc(OC)c(OC)c3)CCN(C)C2C1.O=C(O)C(F)(F)F. The molecular formula is C28H36F3N3O6. The first-order chi connectivity index (χ1) is 18.8. The molecule has 12 heteroatoms. The van der Waals surface area contributed by atoms with Gasteiger partial charge >= 0.3 is 18.2 Å². The Kier molecular flexibility index (Phi) is 9.78. The fourth-order valence-electron chi connectivity index (χ4n) is 5.66. The van der Waals surface area contributed by atoms with Crippen molar-refractivity contribution in [1.82, 2.24) is 10.2 Å². The minimum Gasteiger partial charge on any atom is -0.495 e. The number of anilines is 1. The number of halogens is 3. The monoisotopic (exact) mass is 567 g/mol. The number of ether oxygens (including phenoxy) is 3. The largest absolute Gasteiger partial charge is 0.495 e. The standard InChI is InChI=1S/C26H35N3O4.C2HF3O2/c1-17-6-8-21(31-3)20(14-17)28-25(30)27-19-10-11-26(12-13-29(2)24(26)16-19)18-7-9-22(32-4)23(15-18)33-5;3-2(4,5)1(6)7/h6-9,14-15,19,24H,10-13,16H2,1-5H3,(H2,27,28,30);(H,6,7). The number of nitrogens with one attached hydrogen (secondary N) is 2. The van der Waals surface area contributed by atoms with Crippen LogP contribution in [0.4, 0.5) is 23.7 Å². The highest BCUT2D eigenvalue weighted by Crippen LogP contribution is 2.49. The Morgan fingerprint density at radius 2 is 1.62 bits per heavy atom. The summed E-state index contributed by atoms with van der Waals surface area (Å²) in [6, 6.07) is 12.3. The van der Waals surface area contributed by atoms with Crippen LogP contribution < -0.4 is 24.8 Å². The first-order valence-electron chi connectivity index (χ1n) is 12.8. The summed E-state index contributed by atoms with van der Waals surface area (Å²) in [7, 11) is 7.14. The Labute approximate surface area is 231 Å². The number of urea groups is 1. The zero-order chi connectivity index (χ0) is 29.7. The molecule has 220 valence electrons. The van der Waals surface area contributed by atoms with Gasteiger partial charge in [-0.3, -0.25) is 0 Å². The number of rotatable bonds is 6. The van der Waals surface area contributed by atoms with Crippen LogP contribution >= 0.6 is 0 Å². The van der Waals surface area contributed by atoms with Crippen molar-refractivity contribution in [3.05, 3.63) is 47.5 Å². The summed E-state index contributed by atoms with van der Waals surface area (Å²) in [5.74, 6) is -0.585. The van der Waals surface area contributed by atoms with Crippen molar-refractivity contribution in [2.75, 3.05) is 40.2 Å². The van der Waals surface area contributed by atoms with Crippen LogP contribution in [0.15, 0.2) is 36.4 Å². The summed E-state index contributed by atoms with van der Waals surface area (Å²) in [4.78, 5) is 24.1. The maximum absolute atomic E-state index is 12.8. The Hall–Kier alpha value is -3.67. The van der Waals surface area contributed by atoms with E-state index < -0.39 is 12.1 Å². The third-order valence-corrected chi connectivity index (χ3v) is 7.67. The number of hydrogen-bond donors (Lipinski definition) is 3. The minimum absolute atomic E-state index is 0.0583. The molecular weight excluding hydrogens is 531 g/mol. The molecule has 0 bridgehead atoms. The molecule has 3 N–H and O–H groups in total. The van der Waals surface area contributed by atoms with Gasteiger partial charge < -0.3 is 34.9 Å². The highest BCUT2D eigenvalue weighted by atomic mass is 19.4. The number of likely N-dealkylation sites (tertiary alicyclic amines) is 1. The minimum atomic E-state index is -5.08. The fraction of sp³-hybridized carbons (Fsp3) is 0.500. The number of carbonyl (C=O) groups excluding carboxylic acids is 1. The normalized spacial score (nSPS) is 22.3. The molecule has 1 heterocycles. The Balaban J connectivity index is 0.000000559. The third kappa shape index (κ3) is 6.90. The van der Waals surface area contributed by atoms with Crippen molar-refractivity contribution < 1.29 is 42.1 Å². The summed E-state index contributed by atoms with van der Waals surface area (Å²) >= 11 is 0. The lowest BCUT2D eigenvalue weighted by Gasteiger charge is -2.45. The summed E-state index contributed by atoms with van der Waals surface area (Å²) < 4.78 is 48.2. The van der Waals surface area contributed by atoms with Gasteiger partial charge in [0.25, 0.3) is 0 Å². The molecule has 1 saturated carbocycles. The number of carboxylic acid groups (broad SMARTS) is 1. The van der Waals surface area contributed by atoms with Crippen LogP contribution in [0.25, 0.3) is 0 Å². The number of amides is 2. The van der Waals surface area contributed by atoms with Crippen molar-refractivity contribution in [1.29, 1.82) is 0 Å². The van der Waals surface area contributed by atoms with Gasteiger partial charge in [-0.2, -0.15) is 13.2 Å². The molecule has 2 fully saturated rings. The number of likely N-dealkylation sites (N-methyl/N-ethyl adjacent to an activating group) is 1. The van der Waals surface area contributed by atoms with Crippen LogP contribution in [0.1, 0.15) is 36.8 Å². The van der Waals surface area contributed by atoms with E-state index in [4.69, 9.17) is 24.1 Å². The number of methoxy groups -OCH3 is 3. The maximum Gasteiger partial charge on any atom is 0.490 e. The van der Waals surface area contributed by atoms with Crippen molar-refractivity contribution in [2.45, 2.75) is 56.3 Å². The molecule has 40 heavy (non-hydrogen) atoms. The number of benzene rings is 2. The molecule has 1 aliphatic heterocycles. The van der Waals surface area contributed by atoms with E-state index in [1.54, 1.807) is 21.3 Å². The molecule has 3 unspecified atom stereocenters. The van der Waals surface area contributed by atoms with Gasteiger partial charge in [0.2, 0.25) is 0 Å². The highest BCUT2D eigenvalue weighted by Gasteiger charge is 2.50. The van der Waals surface area contributed by atoms with E-state index in [0.29, 0.717) is 17.5 Å². The van der Waals surface area contributed by atoms with Crippen LogP contribution in [0.2, 0.25) is 0 Å². The smallest absolute Gasteiger partial charge is 0.490 e. The van der Waals surface area contributed by atoms with Crippen LogP contribution in [-0.2, 0) is 10.2 Å². The van der Waals surface area contributed by atoms with Gasteiger partial charge in [-0.05, 0) is 81.6 Å². The summed E-state index contributed by atoms with van der Waals surface area (Å²) in [5, 5.41) is 13.3. The van der Waals surface area contributed by atoms with E-state index in [2.05, 4.69) is 34.7 Å². The van der Waals surface area contributed by atoms with Crippen LogP contribution in [0.3, 0.4) is 0 Å². The number of aliphatic carboxylic acids is 1. The lowest BCUT2D eigenvalue weighted by atomic mass is 9.65. The average Bonchev–Trinajstić information content (AvgIpc) is 3.25. The van der Waals surface area contributed by atoms with E-state index in [1.807, 2.05) is 31.2 Å². The molecule has 3 atom stereocenters. The molecule has 0 radical (unpaired) electrons. The number of nitrogens with zero attached hydrogens (tertiary/aromatic N) is 1. The highest BCUT2D eigenvalue weighted by molar-refractivity contribution is 5.91. The quantitative estimate of drug-likeness (QED) is 0.452. The number of alkyl halides is 3. The molecule has 9 nitrogen and oxygen atoms in total. The maximum atomic E-state index is 12.8. The van der Waals surface area contributed by atoms with Crippen molar-refractivity contribution >= 4 is 17.7 Å². The lowest BCUT2D eigenvalue weighted by Crippen LogP contribution is -2.52. The summed E-state index contributed by atoms with van der Waals surface area (Å²) in [5.41, 5.74) is 3.10. The van der Waals surface area contributed by atoms with E-state index in [-0.39, 0.29) is 17.5 Å². The van der Waals surface area contributed by atoms with Crippen molar-refractivity contribution in [3.63, 3.8) is 0 Å². The second kappa shape index (κ2) is 12.7. The molecule has 2 aromatic carbocycles. The van der Waals surface area contributed by atoms with Crippen LogP contribution in [-0.4, -0.2) is 75.2 Å². The molecule has 2 aliphatic rings. The zero-order valence-electron chi connectivity index (χ0n) is 23.2. The van der Waals surface area contributed by atoms with Crippen LogP contribution in [0, 0.1) is 6.92 Å². The van der Waals surface area contributed by atoms with Gasteiger partial charge in [-0.15, -0.1) is 0 Å². The molecule has 2 amide bonds. The average molecular weight is 568 g/mol. The fourth-order valence-corrected chi connectivity index (χ4v) is 5.66. The topological polar surface area (TPSA) is 109 Å². The van der Waals surface area contributed by atoms with E-state index in [0.717, 1.165) is 49.3 Å². The molecule has 2 aromatic rings. The Morgan fingerprint density at radius 3 is 2.23 bits per heavy atom. The zero-order valence-corrected chi connectivity index (χ0v) is 23.2. The third-order valence-electron chi connectivity index (χ3n) is 7.67. The summed E-state index contributed by atoms with van der Waals surface area (Å²) in [6.07, 6.45) is -1.14. The number of fused-ring (bicyclic) bond motifs is 1. The van der Waals surface area contributed by atoms with Crippen LogP contribution in [0.5, 0.6) is 17.2 Å². The number of aryl methyl sites for hydroxylation is 1. The Morgan fingerprint density at radius 1 is 1.00 bits per heavy atom. The van der Waals surface area contributed by atoms with Gasteiger partial charge in [0.15, 0.2) is 11.5 Å². The number of carboxylic acids is 1. The van der Waals surface area contributed by atoms with Gasteiger partial charge in [-0.25, -0.2) is 9.59 Å². The second-order valence-corrected chi connectivity index (χ2v) is 10.0. The van der Waals surface area contributed by atoms with Gasteiger partial charge in [0.1, 0.15) is 5.75 Å². The Bertz CT molecular complexity index is 1210. The number of hydrogen-bond acceptors (Lipinski definition) is 6. The van der Waals surface area contributed by atoms with E-state index in [9.17, 15) is 18.0 Å². The predicted molar refractivity (Wildman–Crippen MR) is 143 cm³/mol. The van der Waals surface area contributed by atoms with Gasteiger partial charge in [0, 0.05) is 17.5 Å². The number of carbonyl (C=O) groups is 2. The molecule has 4 rings (SSSR count). The van der Waals surface area contributed by atoms with Crippen molar-refractivity contribution in [3.8, 4) is 17.2 Å². The molecule has 1 aliphatic carbocycles. The first kappa shape index (κ1) is 30.9. The second-order valence-electron chi connectivity index (χ2n) is 10.0. The van der Waals surface area contributed by atoms with E-state index >= 15 is 0 Å². The molecule has 0 aromatic heterocycles. The molecule has 0 spiro atoms. The summed E-state index contributed by atoms with van der Waals surface area (Å²) in [6.45, 7) is 3.03. The van der Waals surface area contributed by atoms with Gasteiger partial charge in [-0.1, -0.05) is 12.1 Å². The van der Waals surface area contributed by atoms with E-state index in [1.165, 1.54) is 5.56 Å². The predicted octanol–water partition coefficient (Wildman–Crippen LogP) is 4.97. The van der Waals surface area contributed by atoms with Crippen molar-refractivity contribution in [2.24, 2.45) is 0 Å². The molecule has 1 saturated heterocycles. The lowest BCUT2D eigenvalue weighted by molar-refractivity contribution is -0.192. The van der Waals surface area contributed by atoms with Gasteiger partial charge in [0.05, 0.1) is 27.0 Å².